The molecule has 0 fully saturated rings. The van der Waals surface area contributed by atoms with Gasteiger partial charge in [0.25, 0.3) is 5.91 Å². The van der Waals surface area contributed by atoms with Gasteiger partial charge in [0, 0.05) is 49.1 Å². The Hall–Kier alpha value is -3.82. The lowest BCUT2D eigenvalue weighted by Gasteiger charge is -2.28. The minimum atomic E-state index is -3.93. The molecule has 0 spiro atoms. The summed E-state index contributed by atoms with van der Waals surface area (Å²) in [5, 5.41) is 4.70. The molecular formula is C28H27FN4O3S. The van der Waals surface area contributed by atoms with E-state index in [0.717, 1.165) is 17.3 Å². The van der Waals surface area contributed by atoms with Gasteiger partial charge in [-0.2, -0.15) is 9.40 Å². The van der Waals surface area contributed by atoms with Crippen LogP contribution in [0, 0.1) is 12.7 Å². The summed E-state index contributed by atoms with van der Waals surface area (Å²) >= 11 is 0. The Morgan fingerprint density at radius 3 is 2.41 bits per heavy atom. The Morgan fingerprint density at radius 2 is 1.70 bits per heavy atom. The number of amides is 1. The molecule has 1 amide bonds. The van der Waals surface area contributed by atoms with Gasteiger partial charge < -0.3 is 4.90 Å². The molecule has 9 heteroatoms. The van der Waals surface area contributed by atoms with Crippen molar-refractivity contribution in [3.63, 3.8) is 0 Å². The smallest absolute Gasteiger partial charge is 0.258 e. The van der Waals surface area contributed by atoms with Crippen molar-refractivity contribution in [2.24, 2.45) is 7.05 Å². The van der Waals surface area contributed by atoms with Gasteiger partial charge in [0.1, 0.15) is 5.82 Å². The molecule has 3 aromatic carbocycles. The topological polar surface area (TPSA) is 75.5 Å². The molecule has 0 N–H and O–H groups in total. The number of para-hydroxylation sites is 1. The molecule has 0 saturated carbocycles. The van der Waals surface area contributed by atoms with E-state index in [1.165, 1.54) is 16.4 Å². The van der Waals surface area contributed by atoms with Crippen LogP contribution in [0.25, 0.3) is 0 Å². The van der Waals surface area contributed by atoms with E-state index in [-0.39, 0.29) is 30.4 Å². The van der Waals surface area contributed by atoms with Gasteiger partial charge >= 0.3 is 0 Å². The second-order valence-corrected chi connectivity index (χ2v) is 11.0. The first-order valence-electron chi connectivity index (χ1n) is 12.0. The Bertz CT molecular complexity index is 1550. The molecule has 1 aliphatic heterocycles. The average molecular weight is 519 g/mol. The largest absolute Gasteiger partial charge is 0.302 e. The third kappa shape index (κ3) is 4.80. The number of sulfonamides is 1. The van der Waals surface area contributed by atoms with E-state index in [0.29, 0.717) is 28.9 Å². The highest BCUT2D eigenvalue weighted by molar-refractivity contribution is 7.89. The third-order valence-corrected chi connectivity index (χ3v) is 8.69. The van der Waals surface area contributed by atoms with Gasteiger partial charge in [0.15, 0.2) is 0 Å². The van der Waals surface area contributed by atoms with E-state index in [1.54, 1.807) is 28.6 Å². The zero-order valence-electron chi connectivity index (χ0n) is 20.6. The maximum atomic E-state index is 13.9. The normalized spacial score (nSPS) is 13.8. The van der Waals surface area contributed by atoms with Crippen LogP contribution in [0.5, 0.6) is 0 Å². The predicted molar refractivity (Wildman–Crippen MR) is 139 cm³/mol. The van der Waals surface area contributed by atoms with Gasteiger partial charge in [-0.3, -0.25) is 9.48 Å². The Labute approximate surface area is 215 Å². The van der Waals surface area contributed by atoms with Crippen LogP contribution in [0.15, 0.2) is 83.8 Å². The molecule has 4 aromatic rings. The van der Waals surface area contributed by atoms with Crippen molar-refractivity contribution in [3.05, 3.63) is 113 Å². The zero-order chi connectivity index (χ0) is 26.2. The molecule has 2 heterocycles. The Balaban J connectivity index is 1.51. The summed E-state index contributed by atoms with van der Waals surface area (Å²) in [5.74, 6) is -0.774. The summed E-state index contributed by atoms with van der Waals surface area (Å²) in [7, 11) is -2.10. The molecule has 0 atom stereocenters. The molecule has 0 aliphatic carbocycles. The molecule has 0 radical (unpaired) electrons. The van der Waals surface area contributed by atoms with E-state index in [4.69, 9.17) is 5.10 Å². The lowest BCUT2D eigenvalue weighted by Crippen LogP contribution is -2.37. The number of carbonyl (C=O) groups is 1. The molecule has 37 heavy (non-hydrogen) atoms. The fourth-order valence-electron chi connectivity index (χ4n) is 4.74. The summed E-state index contributed by atoms with van der Waals surface area (Å²) in [6.45, 7) is 2.19. The van der Waals surface area contributed by atoms with E-state index in [9.17, 15) is 17.6 Å². The highest BCUT2D eigenvalue weighted by Crippen LogP contribution is 2.30. The standard InChI is InChI=1S/C28H27FN4O3S/c1-20-13-14-22(29)17-27(20)37(35,36)32-16-15-26-24(18-32)25(30-31(26)2)19-33(23-11-7-4-8-12-23)28(34)21-9-5-3-6-10-21/h3-14,17H,15-16,18-19H2,1-2H3. The third-order valence-electron chi connectivity index (χ3n) is 6.70. The molecule has 0 saturated heterocycles. The molecule has 7 nitrogen and oxygen atoms in total. The highest BCUT2D eigenvalue weighted by atomic mass is 32.2. The predicted octanol–water partition coefficient (Wildman–Crippen LogP) is 4.46. The fourth-order valence-corrected chi connectivity index (χ4v) is 6.39. The van der Waals surface area contributed by atoms with Gasteiger partial charge in [0.2, 0.25) is 10.0 Å². The molecule has 190 valence electrons. The minimum absolute atomic E-state index is 0.0356. The number of nitrogens with zero attached hydrogens (tertiary/aromatic N) is 4. The van der Waals surface area contributed by atoms with Crippen molar-refractivity contribution in [2.75, 3.05) is 11.4 Å². The summed E-state index contributed by atoms with van der Waals surface area (Å²) in [5.41, 5.74) is 4.07. The van der Waals surface area contributed by atoms with Gasteiger partial charge in [-0.05, 0) is 48.9 Å². The number of fused-ring (bicyclic) bond motifs is 1. The first-order chi connectivity index (χ1) is 17.8. The van der Waals surface area contributed by atoms with Crippen molar-refractivity contribution < 1.29 is 17.6 Å². The number of rotatable bonds is 6. The second kappa shape index (κ2) is 9.91. The number of aromatic nitrogens is 2. The fraction of sp³-hybridized carbons (Fsp3) is 0.214. The van der Waals surface area contributed by atoms with Gasteiger partial charge in [-0.15, -0.1) is 0 Å². The van der Waals surface area contributed by atoms with Crippen LogP contribution in [0.3, 0.4) is 0 Å². The van der Waals surface area contributed by atoms with Gasteiger partial charge in [0.05, 0.1) is 17.1 Å². The van der Waals surface area contributed by atoms with Crippen LogP contribution < -0.4 is 4.90 Å². The zero-order valence-corrected chi connectivity index (χ0v) is 21.5. The van der Waals surface area contributed by atoms with Crippen LogP contribution >= 0.6 is 0 Å². The van der Waals surface area contributed by atoms with E-state index in [1.807, 2.05) is 55.6 Å². The molecular weight excluding hydrogens is 491 g/mol. The average Bonchev–Trinajstić information content (AvgIpc) is 3.23. The quantitative estimate of drug-likeness (QED) is 0.378. The van der Waals surface area contributed by atoms with Crippen molar-refractivity contribution in [1.82, 2.24) is 14.1 Å². The number of benzene rings is 3. The molecule has 1 aromatic heterocycles. The first-order valence-corrected chi connectivity index (χ1v) is 13.4. The second-order valence-electron chi connectivity index (χ2n) is 9.09. The number of carbonyl (C=O) groups excluding carboxylic acids is 1. The maximum Gasteiger partial charge on any atom is 0.258 e. The molecule has 0 unspecified atom stereocenters. The lowest BCUT2D eigenvalue weighted by atomic mass is 10.1. The minimum Gasteiger partial charge on any atom is -0.302 e. The van der Waals surface area contributed by atoms with Crippen LogP contribution in [-0.2, 0) is 36.6 Å². The summed E-state index contributed by atoms with van der Waals surface area (Å²) < 4.78 is 44.1. The van der Waals surface area contributed by atoms with Gasteiger partial charge in [-0.1, -0.05) is 42.5 Å². The molecule has 1 aliphatic rings. The SMILES string of the molecule is Cc1ccc(F)cc1S(=O)(=O)N1CCc2c(c(CN(C(=O)c3ccccc3)c3ccccc3)nn2C)C1. The number of halogens is 1. The Kier molecular flexibility index (Phi) is 6.66. The maximum absolute atomic E-state index is 13.9. The summed E-state index contributed by atoms with van der Waals surface area (Å²) in [6, 6.07) is 22.1. The number of aryl methyl sites for hydroxylation is 2. The van der Waals surface area contributed by atoms with Crippen LogP contribution in [0.1, 0.15) is 32.9 Å². The lowest BCUT2D eigenvalue weighted by molar-refractivity contribution is 0.0984. The summed E-state index contributed by atoms with van der Waals surface area (Å²) in [4.78, 5) is 15.2. The van der Waals surface area contributed by atoms with Crippen molar-refractivity contribution in [2.45, 2.75) is 31.3 Å². The molecule has 0 bridgehead atoms. The monoisotopic (exact) mass is 518 g/mol. The van der Waals surface area contributed by atoms with Crippen molar-refractivity contribution in [3.8, 4) is 0 Å². The number of hydrogen-bond donors (Lipinski definition) is 0. The van der Waals surface area contributed by atoms with Crippen LogP contribution in [0.4, 0.5) is 10.1 Å². The number of anilines is 1. The van der Waals surface area contributed by atoms with Crippen LogP contribution in [0.2, 0.25) is 0 Å². The van der Waals surface area contributed by atoms with Crippen molar-refractivity contribution in [1.29, 1.82) is 0 Å². The highest BCUT2D eigenvalue weighted by Gasteiger charge is 2.34. The van der Waals surface area contributed by atoms with Crippen LogP contribution in [-0.4, -0.2) is 35.0 Å². The van der Waals surface area contributed by atoms with E-state index >= 15 is 0 Å². The molecule has 5 rings (SSSR count). The first kappa shape index (κ1) is 24.9. The van der Waals surface area contributed by atoms with E-state index in [2.05, 4.69) is 0 Å². The van der Waals surface area contributed by atoms with E-state index < -0.39 is 15.8 Å². The number of hydrogen-bond acceptors (Lipinski definition) is 4. The summed E-state index contributed by atoms with van der Waals surface area (Å²) in [6.07, 6.45) is 0.463. The Morgan fingerprint density at radius 1 is 1.03 bits per heavy atom. The van der Waals surface area contributed by atoms with Gasteiger partial charge in [-0.25, -0.2) is 12.8 Å². The van der Waals surface area contributed by atoms with Crippen molar-refractivity contribution >= 4 is 21.6 Å².